The van der Waals surface area contributed by atoms with Gasteiger partial charge in [0.1, 0.15) is 5.75 Å². The lowest BCUT2D eigenvalue weighted by molar-refractivity contribution is 0.475. The predicted octanol–water partition coefficient (Wildman–Crippen LogP) is 3.87. The number of hydrogen-bond donors (Lipinski definition) is 1. The van der Waals surface area contributed by atoms with Crippen LogP contribution in [0.2, 0.25) is 0 Å². The van der Waals surface area contributed by atoms with Gasteiger partial charge in [-0.25, -0.2) is 0 Å². The maximum absolute atomic E-state index is 9.40. The van der Waals surface area contributed by atoms with Gasteiger partial charge in [-0.15, -0.1) is 0 Å². The van der Waals surface area contributed by atoms with E-state index in [2.05, 4.69) is 12.1 Å². The normalized spacial score (nSPS) is 10.8. The molecule has 0 saturated carbocycles. The van der Waals surface area contributed by atoms with Crippen LogP contribution in [0.5, 0.6) is 5.75 Å². The summed E-state index contributed by atoms with van der Waals surface area (Å²) in [5.74, 6) is 0.304. The molecule has 1 N–H and O–H groups in total. The number of rotatable bonds is 2. The van der Waals surface area contributed by atoms with Crippen LogP contribution in [-0.2, 0) is 0 Å². The van der Waals surface area contributed by atoms with Crippen molar-refractivity contribution in [1.29, 1.82) is 0 Å². The highest BCUT2D eigenvalue weighted by Gasteiger charge is 1.95. The Hall–Kier alpha value is -2.02. The molecule has 0 spiro atoms. The number of aromatic hydroxyl groups is 1. The van der Waals surface area contributed by atoms with Crippen LogP contribution in [0, 0.1) is 6.92 Å². The van der Waals surface area contributed by atoms with Crippen LogP contribution in [0.25, 0.3) is 12.2 Å². The maximum Gasteiger partial charge on any atom is 0.116 e. The van der Waals surface area contributed by atoms with Crippen LogP contribution < -0.4 is 0 Å². The van der Waals surface area contributed by atoms with Gasteiger partial charge in [-0.05, 0) is 35.7 Å². The molecule has 0 atom stereocenters. The minimum atomic E-state index is 0.304. The van der Waals surface area contributed by atoms with Crippen molar-refractivity contribution < 1.29 is 5.11 Å². The van der Waals surface area contributed by atoms with E-state index in [4.69, 9.17) is 0 Å². The molecule has 2 aromatic rings. The summed E-state index contributed by atoms with van der Waals surface area (Å²) < 4.78 is 0. The van der Waals surface area contributed by atoms with E-state index >= 15 is 0 Å². The highest BCUT2D eigenvalue weighted by Crippen LogP contribution is 2.18. The van der Waals surface area contributed by atoms with Gasteiger partial charge >= 0.3 is 0 Å². The molecule has 16 heavy (non-hydrogen) atoms. The smallest absolute Gasteiger partial charge is 0.116 e. The van der Waals surface area contributed by atoms with Gasteiger partial charge in [-0.3, -0.25) is 0 Å². The van der Waals surface area contributed by atoms with E-state index in [1.54, 1.807) is 12.1 Å². The van der Waals surface area contributed by atoms with Crippen LogP contribution in [-0.4, -0.2) is 5.11 Å². The Kier molecular flexibility index (Phi) is 3.06. The minimum absolute atomic E-state index is 0.304. The summed E-state index contributed by atoms with van der Waals surface area (Å²) >= 11 is 0. The largest absolute Gasteiger partial charge is 0.508 e. The molecule has 0 saturated heterocycles. The molecule has 80 valence electrons. The Morgan fingerprint density at radius 3 is 2.44 bits per heavy atom. The Balaban J connectivity index is 2.27. The van der Waals surface area contributed by atoms with Gasteiger partial charge in [0, 0.05) is 0 Å². The Morgan fingerprint density at radius 2 is 1.69 bits per heavy atom. The Bertz CT molecular complexity index is 498. The molecule has 1 nitrogen and oxygen atoms in total. The van der Waals surface area contributed by atoms with Crippen LogP contribution in [0.15, 0.2) is 48.5 Å². The van der Waals surface area contributed by atoms with Gasteiger partial charge in [0.2, 0.25) is 0 Å². The minimum Gasteiger partial charge on any atom is -0.508 e. The average Bonchev–Trinajstić information content (AvgIpc) is 2.32. The Labute approximate surface area is 95.7 Å². The fourth-order valence-electron chi connectivity index (χ4n) is 1.56. The molecule has 0 aliphatic heterocycles. The number of benzene rings is 2. The van der Waals surface area contributed by atoms with Crippen molar-refractivity contribution in [3.05, 3.63) is 65.2 Å². The molecule has 0 radical (unpaired) electrons. The first-order chi connectivity index (χ1) is 7.75. The van der Waals surface area contributed by atoms with Gasteiger partial charge in [0.05, 0.1) is 0 Å². The summed E-state index contributed by atoms with van der Waals surface area (Å²) in [5.41, 5.74) is 3.36. The predicted molar refractivity (Wildman–Crippen MR) is 68.2 cm³/mol. The summed E-state index contributed by atoms with van der Waals surface area (Å²) in [6.07, 6.45) is 4.06. The van der Waals surface area contributed by atoms with E-state index in [1.807, 2.05) is 43.3 Å². The zero-order chi connectivity index (χ0) is 11.4. The molecule has 2 aromatic carbocycles. The molecule has 0 amide bonds. The van der Waals surface area contributed by atoms with Crippen molar-refractivity contribution in [3.63, 3.8) is 0 Å². The monoisotopic (exact) mass is 210 g/mol. The summed E-state index contributed by atoms with van der Waals surface area (Å²) in [4.78, 5) is 0. The van der Waals surface area contributed by atoms with Gasteiger partial charge in [0.25, 0.3) is 0 Å². The van der Waals surface area contributed by atoms with E-state index in [1.165, 1.54) is 0 Å². The molecule has 0 aromatic heterocycles. The van der Waals surface area contributed by atoms with Crippen molar-refractivity contribution in [2.24, 2.45) is 0 Å². The highest BCUT2D eigenvalue weighted by molar-refractivity contribution is 5.71. The van der Waals surface area contributed by atoms with Gasteiger partial charge in [-0.1, -0.05) is 48.6 Å². The molecule has 0 bridgehead atoms. The van der Waals surface area contributed by atoms with E-state index in [9.17, 15) is 5.11 Å². The molecule has 0 aliphatic rings. The molecule has 1 heteroatoms. The van der Waals surface area contributed by atoms with Gasteiger partial charge in [-0.2, -0.15) is 0 Å². The first kappa shape index (κ1) is 10.5. The third-order valence-electron chi connectivity index (χ3n) is 2.52. The van der Waals surface area contributed by atoms with Crippen LogP contribution in [0.1, 0.15) is 16.7 Å². The number of aryl methyl sites for hydroxylation is 1. The van der Waals surface area contributed by atoms with Crippen molar-refractivity contribution in [3.8, 4) is 5.75 Å². The quantitative estimate of drug-likeness (QED) is 0.746. The molecule has 0 unspecified atom stereocenters. The van der Waals surface area contributed by atoms with Crippen molar-refractivity contribution in [2.75, 3.05) is 0 Å². The lowest BCUT2D eigenvalue weighted by Crippen LogP contribution is -1.79. The number of hydrogen-bond acceptors (Lipinski definition) is 1. The van der Waals surface area contributed by atoms with Crippen molar-refractivity contribution in [2.45, 2.75) is 6.92 Å². The first-order valence-electron chi connectivity index (χ1n) is 5.28. The fraction of sp³-hybridized carbons (Fsp3) is 0.0667. The van der Waals surface area contributed by atoms with Crippen LogP contribution >= 0.6 is 0 Å². The molecule has 0 fully saturated rings. The Morgan fingerprint density at radius 1 is 0.938 bits per heavy atom. The number of phenols is 1. The summed E-state index contributed by atoms with van der Waals surface area (Å²) in [5, 5.41) is 9.40. The van der Waals surface area contributed by atoms with E-state index in [0.717, 1.165) is 16.7 Å². The van der Waals surface area contributed by atoms with E-state index in [0.29, 0.717) is 5.75 Å². The molecule has 0 heterocycles. The fourth-order valence-corrected chi connectivity index (χ4v) is 1.56. The second kappa shape index (κ2) is 4.67. The van der Waals surface area contributed by atoms with Gasteiger partial charge < -0.3 is 5.11 Å². The lowest BCUT2D eigenvalue weighted by Gasteiger charge is -2.00. The van der Waals surface area contributed by atoms with Crippen LogP contribution in [0.4, 0.5) is 0 Å². The van der Waals surface area contributed by atoms with Gasteiger partial charge in [0.15, 0.2) is 0 Å². The highest BCUT2D eigenvalue weighted by atomic mass is 16.3. The first-order valence-corrected chi connectivity index (χ1v) is 5.28. The number of phenolic OH excluding ortho intramolecular Hbond substituents is 1. The molecule has 2 rings (SSSR count). The summed E-state index contributed by atoms with van der Waals surface area (Å²) in [6, 6.07) is 15.5. The third kappa shape index (κ3) is 2.51. The SMILES string of the molecule is Cc1ccc(O)cc1C=Cc1ccccc1. The van der Waals surface area contributed by atoms with Crippen molar-refractivity contribution in [1.82, 2.24) is 0 Å². The molecular weight excluding hydrogens is 196 g/mol. The second-order valence-corrected chi connectivity index (χ2v) is 3.78. The molecular formula is C15H14O. The molecule has 0 aliphatic carbocycles. The maximum atomic E-state index is 9.40. The second-order valence-electron chi connectivity index (χ2n) is 3.78. The van der Waals surface area contributed by atoms with Crippen LogP contribution in [0.3, 0.4) is 0 Å². The summed E-state index contributed by atoms with van der Waals surface area (Å²) in [7, 11) is 0. The van der Waals surface area contributed by atoms with E-state index in [-0.39, 0.29) is 0 Å². The zero-order valence-corrected chi connectivity index (χ0v) is 9.22. The topological polar surface area (TPSA) is 20.2 Å². The average molecular weight is 210 g/mol. The summed E-state index contributed by atoms with van der Waals surface area (Å²) in [6.45, 7) is 2.03. The van der Waals surface area contributed by atoms with Crippen molar-refractivity contribution >= 4 is 12.2 Å². The third-order valence-corrected chi connectivity index (χ3v) is 2.52. The zero-order valence-electron chi connectivity index (χ0n) is 9.22. The standard InChI is InChI=1S/C15H14O/c1-12-7-10-15(16)11-14(12)9-8-13-5-3-2-4-6-13/h2-11,16H,1H3. The van der Waals surface area contributed by atoms with E-state index < -0.39 is 0 Å². The lowest BCUT2D eigenvalue weighted by atomic mass is 10.1.